The Hall–Kier alpha value is -1.47. The summed E-state index contributed by atoms with van der Waals surface area (Å²) in [4.78, 5) is 16.2. The second kappa shape index (κ2) is 6.12. The molecule has 1 aliphatic rings. The molecule has 1 aromatic rings. The second-order valence-electron chi connectivity index (χ2n) is 5.30. The van der Waals surface area contributed by atoms with Gasteiger partial charge in [-0.2, -0.15) is 0 Å². The quantitative estimate of drug-likeness (QED) is 0.750. The lowest BCUT2D eigenvalue weighted by molar-refractivity contribution is -0.131. The number of rotatable bonds is 5. The second-order valence-corrected chi connectivity index (χ2v) is 5.30. The topological polar surface area (TPSA) is 80.3 Å². The molecular weight excluding hydrogens is 244 g/mol. The van der Waals surface area contributed by atoms with Gasteiger partial charge in [0.05, 0.1) is 11.9 Å². The van der Waals surface area contributed by atoms with Crippen molar-refractivity contribution in [1.29, 1.82) is 0 Å². The number of likely N-dealkylation sites (N-methyl/N-ethyl adjacent to an activating group) is 1. The molecule has 2 rings (SSSR count). The maximum atomic E-state index is 12.1. The number of nitrogens with two attached hydrogens (primary N) is 1. The molecule has 0 radical (unpaired) electrons. The van der Waals surface area contributed by atoms with Crippen LogP contribution in [0.2, 0.25) is 0 Å². The minimum atomic E-state index is 0.0584. The zero-order valence-corrected chi connectivity index (χ0v) is 11.6. The Kier molecular flexibility index (Phi) is 4.49. The number of hydrogen-bond acceptors (Lipinski definition) is 5. The molecule has 0 aromatic carbocycles. The van der Waals surface area contributed by atoms with Gasteiger partial charge in [-0.25, -0.2) is 4.68 Å². The van der Waals surface area contributed by atoms with E-state index in [1.807, 2.05) is 7.05 Å². The molecule has 1 aromatic heterocycles. The van der Waals surface area contributed by atoms with Crippen LogP contribution < -0.4 is 5.73 Å². The Morgan fingerprint density at radius 3 is 3.00 bits per heavy atom. The van der Waals surface area contributed by atoms with E-state index in [9.17, 15) is 4.79 Å². The van der Waals surface area contributed by atoms with Crippen molar-refractivity contribution in [1.82, 2.24) is 24.8 Å². The fraction of sp³-hybridized carbons (Fsp3) is 0.750. The van der Waals surface area contributed by atoms with Crippen LogP contribution in [0.4, 0.5) is 0 Å². The van der Waals surface area contributed by atoms with Crippen molar-refractivity contribution < 1.29 is 4.79 Å². The van der Waals surface area contributed by atoms with E-state index in [1.165, 1.54) is 0 Å². The number of aromatic nitrogens is 3. The highest BCUT2D eigenvalue weighted by molar-refractivity contribution is 5.75. The SMILES string of the molecule is CN1CCC(CN(C)C(=O)Cn2cc(CN)nn2)C1. The molecule has 0 saturated carbocycles. The molecular formula is C12H22N6O. The van der Waals surface area contributed by atoms with Gasteiger partial charge in [-0.05, 0) is 25.9 Å². The van der Waals surface area contributed by atoms with Gasteiger partial charge in [-0.1, -0.05) is 5.21 Å². The molecule has 2 heterocycles. The van der Waals surface area contributed by atoms with E-state index in [0.717, 1.165) is 26.1 Å². The van der Waals surface area contributed by atoms with Crippen LogP contribution in [-0.2, 0) is 17.9 Å². The van der Waals surface area contributed by atoms with Gasteiger partial charge >= 0.3 is 0 Å². The normalized spacial score (nSPS) is 19.8. The van der Waals surface area contributed by atoms with Gasteiger partial charge in [0.2, 0.25) is 5.91 Å². The summed E-state index contributed by atoms with van der Waals surface area (Å²) in [6.45, 7) is 3.57. The van der Waals surface area contributed by atoms with Gasteiger partial charge < -0.3 is 15.5 Å². The van der Waals surface area contributed by atoms with Gasteiger partial charge in [-0.3, -0.25) is 4.79 Å². The fourth-order valence-corrected chi connectivity index (χ4v) is 2.43. The van der Waals surface area contributed by atoms with E-state index in [1.54, 1.807) is 15.8 Å². The fourth-order valence-electron chi connectivity index (χ4n) is 2.43. The highest BCUT2D eigenvalue weighted by atomic mass is 16.2. The average molecular weight is 266 g/mol. The summed E-state index contributed by atoms with van der Waals surface area (Å²) in [5.41, 5.74) is 6.16. The third kappa shape index (κ3) is 3.74. The summed E-state index contributed by atoms with van der Waals surface area (Å²) in [7, 11) is 3.97. The molecule has 0 spiro atoms. The zero-order chi connectivity index (χ0) is 13.8. The first-order valence-corrected chi connectivity index (χ1v) is 6.60. The van der Waals surface area contributed by atoms with Crippen molar-refractivity contribution in [3.8, 4) is 0 Å². The Morgan fingerprint density at radius 1 is 1.63 bits per heavy atom. The number of amides is 1. The molecule has 0 bridgehead atoms. The Morgan fingerprint density at radius 2 is 2.42 bits per heavy atom. The molecule has 1 unspecified atom stereocenters. The van der Waals surface area contributed by atoms with Crippen molar-refractivity contribution in [3.63, 3.8) is 0 Å². The summed E-state index contributed by atoms with van der Waals surface area (Å²) in [6, 6.07) is 0. The first-order valence-electron chi connectivity index (χ1n) is 6.60. The molecule has 1 amide bonds. The first-order chi connectivity index (χ1) is 9.08. The third-order valence-electron chi connectivity index (χ3n) is 3.54. The van der Waals surface area contributed by atoms with Crippen molar-refractivity contribution >= 4 is 5.91 Å². The smallest absolute Gasteiger partial charge is 0.244 e. The van der Waals surface area contributed by atoms with E-state index in [4.69, 9.17) is 5.73 Å². The van der Waals surface area contributed by atoms with Gasteiger partial charge in [0, 0.05) is 26.7 Å². The molecule has 1 aliphatic heterocycles. The standard InChI is InChI=1S/C12H22N6O/c1-16-4-3-10(6-16)7-17(2)12(19)9-18-8-11(5-13)14-15-18/h8,10H,3-7,9,13H2,1-2H3. The molecule has 1 saturated heterocycles. The summed E-state index contributed by atoms with van der Waals surface area (Å²) in [6.07, 6.45) is 2.88. The molecule has 2 N–H and O–H groups in total. The largest absolute Gasteiger partial charge is 0.344 e. The highest BCUT2D eigenvalue weighted by Gasteiger charge is 2.22. The predicted molar refractivity (Wildman–Crippen MR) is 71.2 cm³/mol. The summed E-state index contributed by atoms with van der Waals surface area (Å²) >= 11 is 0. The Bertz CT molecular complexity index is 432. The van der Waals surface area contributed by atoms with Crippen molar-refractivity contribution in [3.05, 3.63) is 11.9 Å². The Labute approximate surface area is 113 Å². The van der Waals surface area contributed by atoms with Crippen molar-refractivity contribution in [2.45, 2.75) is 19.5 Å². The average Bonchev–Trinajstić information content (AvgIpc) is 2.98. The number of hydrogen-bond donors (Lipinski definition) is 1. The molecule has 1 atom stereocenters. The minimum Gasteiger partial charge on any atom is -0.344 e. The first kappa shape index (κ1) is 14.0. The predicted octanol–water partition coefficient (Wildman–Crippen LogP) is -0.853. The maximum Gasteiger partial charge on any atom is 0.244 e. The van der Waals surface area contributed by atoms with Crippen LogP contribution in [-0.4, -0.2) is 64.4 Å². The van der Waals surface area contributed by atoms with Crippen LogP contribution in [0.3, 0.4) is 0 Å². The van der Waals surface area contributed by atoms with E-state index >= 15 is 0 Å². The molecule has 7 heteroatoms. The number of nitrogens with zero attached hydrogens (tertiary/aromatic N) is 5. The van der Waals surface area contributed by atoms with Crippen LogP contribution in [0.25, 0.3) is 0 Å². The summed E-state index contributed by atoms with van der Waals surface area (Å²) in [5.74, 6) is 0.636. The van der Waals surface area contributed by atoms with Gasteiger partial charge in [0.15, 0.2) is 0 Å². The molecule has 1 fully saturated rings. The highest BCUT2D eigenvalue weighted by Crippen LogP contribution is 2.15. The van der Waals surface area contributed by atoms with Crippen molar-refractivity contribution in [2.75, 3.05) is 33.7 Å². The maximum absolute atomic E-state index is 12.1. The Balaban J connectivity index is 1.81. The lowest BCUT2D eigenvalue weighted by Crippen LogP contribution is -2.35. The van der Waals surface area contributed by atoms with Crippen LogP contribution in [0.5, 0.6) is 0 Å². The summed E-state index contributed by atoms with van der Waals surface area (Å²) in [5, 5.41) is 7.76. The van der Waals surface area contributed by atoms with Crippen LogP contribution in [0, 0.1) is 5.92 Å². The molecule has 19 heavy (non-hydrogen) atoms. The lowest BCUT2D eigenvalue weighted by Gasteiger charge is -2.21. The van der Waals surface area contributed by atoms with Crippen LogP contribution in [0.1, 0.15) is 12.1 Å². The zero-order valence-electron chi connectivity index (χ0n) is 11.6. The van der Waals surface area contributed by atoms with Crippen LogP contribution >= 0.6 is 0 Å². The number of likely N-dealkylation sites (tertiary alicyclic amines) is 1. The van der Waals surface area contributed by atoms with E-state index in [0.29, 0.717) is 18.2 Å². The lowest BCUT2D eigenvalue weighted by atomic mass is 10.1. The van der Waals surface area contributed by atoms with Gasteiger partial charge in [0.1, 0.15) is 6.54 Å². The van der Waals surface area contributed by atoms with E-state index in [2.05, 4.69) is 22.3 Å². The van der Waals surface area contributed by atoms with E-state index < -0.39 is 0 Å². The van der Waals surface area contributed by atoms with Crippen LogP contribution in [0.15, 0.2) is 6.20 Å². The number of carbonyl (C=O) groups is 1. The molecule has 0 aliphatic carbocycles. The van der Waals surface area contributed by atoms with Crippen molar-refractivity contribution in [2.24, 2.45) is 11.7 Å². The third-order valence-corrected chi connectivity index (χ3v) is 3.54. The molecule has 106 valence electrons. The minimum absolute atomic E-state index is 0.0584. The summed E-state index contributed by atoms with van der Waals surface area (Å²) < 4.78 is 1.54. The number of carbonyl (C=O) groups excluding carboxylic acids is 1. The van der Waals surface area contributed by atoms with Gasteiger partial charge in [-0.15, -0.1) is 5.10 Å². The van der Waals surface area contributed by atoms with Gasteiger partial charge in [0.25, 0.3) is 0 Å². The monoisotopic (exact) mass is 266 g/mol. The molecule has 7 nitrogen and oxygen atoms in total. The van der Waals surface area contributed by atoms with E-state index in [-0.39, 0.29) is 12.5 Å².